The lowest BCUT2D eigenvalue weighted by atomic mass is 10.2. The van der Waals surface area contributed by atoms with Crippen LogP contribution in [0.15, 0.2) is 30.5 Å². The highest BCUT2D eigenvalue weighted by Gasteiger charge is 2.15. The van der Waals surface area contributed by atoms with Crippen LogP contribution in [0.5, 0.6) is 0 Å². The number of carbonyl (C=O) groups is 1. The second-order valence-corrected chi connectivity index (χ2v) is 5.71. The maximum absolute atomic E-state index is 12.2. The van der Waals surface area contributed by atoms with Crippen LogP contribution in [0.25, 0.3) is 0 Å². The second-order valence-electron chi connectivity index (χ2n) is 5.32. The zero-order valence-electron chi connectivity index (χ0n) is 12.3. The molecule has 1 aliphatic rings. The summed E-state index contributed by atoms with van der Waals surface area (Å²) >= 11 is 5.81. The smallest absolute Gasteiger partial charge is 0.255 e. The molecule has 2 aromatic rings. The van der Waals surface area contributed by atoms with Gasteiger partial charge in [0.1, 0.15) is 11.0 Å². The molecule has 1 N–H and O–H groups in total. The van der Waals surface area contributed by atoms with Gasteiger partial charge in [0.05, 0.1) is 11.4 Å². The van der Waals surface area contributed by atoms with Crippen molar-refractivity contribution in [2.24, 2.45) is 0 Å². The average Bonchev–Trinajstić information content (AvgIpc) is 3.03. The molecule has 1 amide bonds. The van der Waals surface area contributed by atoms with Gasteiger partial charge in [-0.2, -0.15) is 0 Å². The van der Waals surface area contributed by atoms with E-state index in [9.17, 15) is 4.79 Å². The fourth-order valence-corrected chi connectivity index (χ4v) is 2.71. The maximum atomic E-state index is 12.2. The van der Waals surface area contributed by atoms with E-state index in [0.717, 1.165) is 24.6 Å². The summed E-state index contributed by atoms with van der Waals surface area (Å²) in [5, 5.41) is 3.16. The molecule has 0 bridgehead atoms. The highest BCUT2D eigenvalue weighted by Crippen LogP contribution is 2.22. The number of carbonyl (C=O) groups excluding carboxylic acids is 1. The van der Waals surface area contributed by atoms with E-state index in [1.807, 2.05) is 19.1 Å². The molecule has 22 heavy (non-hydrogen) atoms. The number of nitrogens with one attached hydrogen (secondary N) is 1. The first kappa shape index (κ1) is 14.8. The standard InChI is InChI=1S/C16H17ClN4O/c1-11-13(4-5-15(19-11)21-8-2-3-9-21)20-16(22)12-6-7-18-14(17)10-12/h4-7,10H,2-3,8-9H2,1H3,(H,20,22). The molecule has 3 rings (SSSR count). The number of aryl methyl sites for hydroxylation is 1. The predicted molar refractivity (Wildman–Crippen MR) is 87.6 cm³/mol. The largest absolute Gasteiger partial charge is 0.357 e. The lowest BCUT2D eigenvalue weighted by Crippen LogP contribution is -2.20. The zero-order valence-corrected chi connectivity index (χ0v) is 13.1. The van der Waals surface area contributed by atoms with Gasteiger partial charge < -0.3 is 10.2 Å². The monoisotopic (exact) mass is 316 g/mol. The Morgan fingerprint density at radius 1 is 1.27 bits per heavy atom. The minimum atomic E-state index is -0.219. The van der Waals surface area contributed by atoms with Crippen molar-refractivity contribution < 1.29 is 4.79 Å². The fourth-order valence-electron chi connectivity index (χ4n) is 2.54. The lowest BCUT2D eigenvalue weighted by molar-refractivity contribution is 0.102. The Kier molecular flexibility index (Phi) is 4.24. The van der Waals surface area contributed by atoms with Gasteiger partial charge in [-0.1, -0.05) is 11.6 Å². The average molecular weight is 317 g/mol. The van der Waals surface area contributed by atoms with Crippen molar-refractivity contribution in [3.63, 3.8) is 0 Å². The van der Waals surface area contributed by atoms with E-state index in [0.29, 0.717) is 16.4 Å². The Morgan fingerprint density at radius 2 is 2.05 bits per heavy atom. The Hall–Kier alpha value is -2.14. The molecule has 0 aromatic carbocycles. The van der Waals surface area contributed by atoms with Crippen LogP contribution >= 0.6 is 11.6 Å². The number of hydrogen-bond donors (Lipinski definition) is 1. The van der Waals surface area contributed by atoms with Crippen molar-refractivity contribution in [2.75, 3.05) is 23.3 Å². The molecule has 1 aliphatic heterocycles. The van der Waals surface area contributed by atoms with Gasteiger partial charge in [0, 0.05) is 24.8 Å². The maximum Gasteiger partial charge on any atom is 0.255 e. The lowest BCUT2D eigenvalue weighted by Gasteiger charge is -2.18. The highest BCUT2D eigenvalue weighted by atomic mass is 35.5. The molecule has 6 heteroatoms. The van der Waals surface area contributed by atoms with Gasteiger partial charge in [-0.3, -0.25) is 4.79 Å². The van der Waals surface area contributed by atoms with Crippen LogP contribution < -0.4 is 10.2 Å². The molecule has 0 unspecified atom stereocenters. The summed E-state index contributed by atoms with van der Waals surface area (Å²) in [6.07, 6.45) is 3.93. The summed E-state index contributed by atoms with van der Waals surface area (Å²) in [5.74, 6) is 0.753. The summed E-state index contributed by atoms with van der Waals surface area (Å²) in [5.41, 5.74) is 1.99. The van der Waals surface area contributed by atoms with Crippen molar-refractivity contribution in [2.45, 2.75) is 19.8 Å². The van der Waals surface area contributed by atoms with E-state index in [-0.39, 0.29) is 5.91 Å². The van der Waals surface area contributed by atoms with E-state index >= 15 is 0 Å². The number of anilines is 2. The van der Waals surface area contributed by atoms with Gasteiger partial charge in [-0.25, -0.2) is 9.97 Å². The van der Waals surface area contributed by atoms with Gasteiger partial charge in [-0.05, 0) is 44.0 Å². The number of hydrogen-bond acceptors (Lipinski definition) is 4. The molecule has 5 nitrogen and oxygen atoms in total. The molecule has 0 radical (unpaired) electrons. The van der Waals surface area contributed by atoms with Crippen LogP contribution in [-0.2, 0) is 0 Å². The predicted octanol–water partition coefficient (Wildman–Crippen LogP) is 3.29. The molecule has 1 fully saturated rings. The van der Waals surface area contributed by atoms with Gasteiger partial charge in [0.2, 0.25) is 0 Å². The van der Waals surface area contributed by atoms with E-state index in [1.54, 1.807) is 6.07 Å². The SMILES string of the molecule is Cc1nc(N2CCCC2)ccc1NC(=O)c1ccnc(Cl)c1. The first-order chi connectivity index (χ1) is 10.6. The van der Waals surface area contributed by atoms with Gasteiger partial charge in [0.25, 0.3) is 5.91 Å². The van der Waals surface area contributed by atoms with Crippen molar-refractivity contribution in [3.8, 4) is 0 Å². The zero-order chi connectivity index (χ0) is 15.5. The van der Waals surface area contributed by atoms with Crippen molar-refractivity contribution in [1.82, 2.24) is 9.97 Å². The first-order valence-electron chi connectivity index (χ1n) is 7.29. The van der Waals surface area contributed by atoms with Crippen molar-refractivity contribution in [1.29, 1.82) is 0 Å². The minimum Gasteiger partial charge on any atom is -0.357 e. The van der Waals surface area contributed by atoms with Crippen LogP contribution in [0.2, 0.25) is 5.15 Å². The summed E-state index contributed by atoms with van der Waals surface area (Å²) in [6.45, 7) is 4.00. The van der Waals surface area contributed by atoms with Crippen LogP contribution in [0.4, 0.5) is 11.5 Å². The number of nitrogens with zero attached hydrogens (tertiary/aromatic N) is 3. The Bertz CT molecular complexity index is 698. The summed E-state index contributed by atoms with van der Waals surface area (Å²) in [4.78, 5) is 23.0. The normalized spacial score (nSPS) is 14.2. The molecular weight excluding hydrogens is 300 g/mol. The molecule has 3 heterocycles. The topological polar surface area (TPSA) is 58.1 Å². The van der Waals surface area contributed by atoms with Crippen molar-refractivity contribution in [3.05, 3.63) is 46.9 Å². The Balaban J connectivity index is 1.76. The number of aromatic nitrogens is 2. The molecule has 0 saturated carbocycles. The van der Waals surface area contributed by atoms with E-state index in [4.69, 9.17) is 11.6 Å². The minimum absolute atomic E-state index is 0.219. The van der Waals surface area contributed by atoms with Crippen LogP contribution in [0.1, 0.15) is 28.9 Å². The van der Waals surface area contributed by atoms with Crippen molar-refractivity contribution >= 4 is 29.0 Å². The Labute approximate surface area is 134 Å². The summed E-state index contributed by atoms with van der Waals surface area (Å²) in [7, 11) is 0. The number of amides is 1. The van der Waals surface area contributed by atoms with Gasteiger partial charge in [-0.15, -0.1) is 0 Å². The molecule has 0 spiro atoms. The second kappa shape index (κ2) is 6.32. The number of pyridine rings is 2. The highest BCUT2D eigenvalue weighted by molar-refractivity contribution is 6.29. The summed E-state index contributed by atoms with van der Waals surface area (Å²) < 4.78 is 0. The Morgan fingerprint density at radius 3 is 2.73 bits per heavy atom. The number of halogens is 1. The summed E-state index contributed by atoms with van der Waals surface area (Å²) in [6, 6.07) is 7.02. The van der Waals surface area contributed by atoms with E-state index < -0.39 is 0 Å². The van der Waals surface area contributed by atoms with E-state index in [1.165, 1.54) is 25.1 Å². The van der Waals surface area contributed by atoms with Gasteiger partial charge in [0.15, 0.2) is 0 Å². The molecule has 0 atom stereocenters. The number of rotatable bonds is 3. The third-order valence-electron chi connectivity index (χ3n) is 3.74. The third kappa shape index (κ3) is 3.20. The first-order valence-corrected chi connectivity index (χ1v) is 7.67. The molecule has 1 saturated heterocycles. The molecule has 0 aliphatic carbocycles. The van der Waals surface area contributed by atoms with E-state index in [2.05, 4.69) is 20.2 Å². The quantitative estimate of drug-likeness (QED) is 0.883. The molecule has 2 aromatic heterocycles. The third-order valence-corrected chi connectivity index (χ3v) is 3.94. The molecule has 114 valence electrons. The van der Waals surface area contributed by atoms with Crippen LogP contribution in [0, 0.1) is 6.92 Å². The fraction of sp³-hybridized carbons (Fsp3) is 0.312. The van der Waals surface area contributed by atoms with Crippen LogP contribution in [0.3, 0.4) is 0 Å². The molecular formula is C16H17ClN4O. The van der Waals surface area contributed by atoms with Gasteiger partial charge >= 0.3 is 0 Å². The van der Waals surface area contributed by atoms with Crippen LogP contribution in [-0.4, -0.2) is 29.0 Å².